The monoisotopic (exact) mass is 900 g/mol. The molecule has 334 valence electrons. The van der Waals surface area contributed by atoms with E-state index in [1.54, 1.807) is 51.3 Å². The molecule has 0 amide bonds. The Labute approximate surface area is 388 Å². The van der Waals surface area contributed by atoms with Crippen LogP contribution < -0.4 is 29.6 Å². The van der Waals surface area contributed by atoms with Gasteiger partial charge in [0.1, 0.15) is 49.4 Å². The van der Waals surface area contributed by atoms with Crippen molar-refractivity contribution >= 4 is 35.6 Å². The quantitative estimate of drug-likeness (QED) is 0.0483. The molecule has 0 saturated heterocycles. The molecule has 2 aromatic heterocycles. The van der Waals surface area contributed by atoms with Gasteiger partial charge in [0, 0.05) is 110 Å². The summed E-state index contributed by atoms with van der Waals surface area (Å²) in [6.45, 7) is 12.8. The second-order valence-electron chi connectivity index (χ2n) is 15.5. The van der Waals surface area contributed by atoms with Gasteiger partial charge in [0.15, 0.2) is 0 Å². The van der Waals surface area contributed by atoms with Crippen molar-refractivity contribution in [1.29, 1.82) is 0 Å². The molecule has 6 aromatic rings. The van der Waals surface area contributed by atoms with E-state index in [2.05, 4.69) is 94.7 Å². The standard InChI is InChI=1S/C52H58Cl2N6O4/c1-7-15-57-29-43-19-47(53)51(21-49(43)61-31-39-17-37(23-55-5)25-59-27-39)63-33-41-11-9-13-45(35(41)3)46-14-10-12-42(36(46)4)34-64-52-22-50(44(20-48(52)54)30-58-16-8-2)62-32-40-18-38(24-56-6)26-60-28-40/h9-14,17-28,57-58H,7-8,15-16,29-34H2,1-6H3/b55-23+,56-24+. The van der Waals surface area contributed by atoms with Gasteiger partial charge in [-0.1, -0.05) is 73.4 Å². The van der Waals surface area contributed by atoms with E-state index in [0.717, 1.165) is 92.7 Å². The van der Waals surface area contributed by atoms with Crippen LogP contribution in [0.2, 0.25) is 10.0 Å². The molecule has 0 aliphatic rings. The third-order valence-corrected chi connectivity index (χ3v) is 11.2. The number of rotatable bonds is 23. The number of ether oxygens (including phenoxy) is 4. The molecule has 6 rings (SSSR count). The van der Waals surface area contributed by atoms with E-state index in [4.69, 9.17) is 42.1 Å². The summed E-state index contributed by atoms with van der Waals surface area (Å²) in [5, 5.41) is 7.98. The Morgan fingerprint density at radius 3 is 1.36 bits per heavy atom. The summed E-state index contributed by atoms with van der Waals surface area (Å²) in [6.07, 6.45) is 12.7. The number of hydrogen-bond acceptors (Lipinski definition) is 10. The lowest BCUT2D eigenvalue weighted by molar-refractivity contribution is 0.286. The van der Waals surface area contributed by atoms with Crippen molar-refractivity contribution in [3.8, 4) is 34.1 Å². The van der Waals surface area contributed by atoms with Gasteiger partial charge in [0.05, 0.1) is 10.0 Å². The number of nitrogens with zero attached hydrogens (tertiary/aromatic N) is 4. The molecule has 0 aliphatic heterocycles. The van der Waals surface area contributed by atoms with Crippen LogP contribution in [0, 0.1) is 13.8 Å². The summed E-state index contributed by atoms with van der Waals surface area (Å²) >= 11 is 13.7. The fraction of sp³-hybridized carbons (Fsp3) is 0.308. The van der Waals surface area contributed by atoms with E-state index in [9.17, 15) is 0 Å². The Balaban J connectivity index is 1.18. The van der Waals surface area contributed by atoms with Gasteiger partial charge in [0.25, 0.3) is 0 Å². The topological polar surface area (TPSA) is 111 Å². The lowest BCUT2D eigenvalue weighted by atomic mass is 9.92. The molecule has 0 unspecified atom stereocenters. The van der Waals surface area contributed by atoms with Gasteiger partial charge in [0.2, 0.25) is 0 Å². The van der Waals surface area contributed by atoms with Crippen molar-refractivity contribution in [2.24, 2.45) is 9.98 Å². The number of pyridine rings is 2. The van der Waals surface area contributed by atoms with Crippen molar-refractivity contribution < 1.29 is 18.9 Å². The molecule has 2 heterocycles. The molecule has 0 fully saturated rings. The predicted octanol–water partition coefficient (Wildman–Crippen LogP) is 11.5. The van der Waals surface area contributed by atoms with Crippen LogP contribution in [0.1, 0.15) is 82.3 Å². The normalized spacial score (nSPS) is 11.4. The maximum atomic E-state index is 6.87. The van der Waals surface area contributed by atoms with Gasteiger partial charge >= 0.3 is 0 Å². The lowest BCUT2D eigenvalue weighted by Gasteiger charge is -2.19. The second kappa shape index (κ2) is 24.3. The molecular weight excluding hydrogens is 844 g/mol. The Kier molecular flexibility index (Phi) is 18.1. The smallest absolute Gasteiger partial charge is 0.142 e. The fourth-order valence-corrected chi connectivity index (χ4v) is 7.71. The number of benzene rings is 4. The first-order valence-electron chi connectivity index (χ1n) is 21.7. The summed E-state index contributed by atoms with van der Waals surface area (Å²) in [4.78, 5) is 16.9. The zero-order valence-electron chi connectivity index (χ0n) is 37.6. The minimum absolute atomic E-state index is 0.318. The number of hydrogen-bond donors (Lipinski definition) is 2. The van der Waals surface area contributed by atoms with Gasteiger partial charge < -0.3 is 29.6 Å². The Hall–Kier alpha value is -5.78. The molecule has 12 heteroatoms. The number of nitrogens with one attached hydrogen (secondary N) is 2. The average Bonchev–Trinajstić information content (AvgIpc) is 3.29. The van der Waals surface area contributed by atoms with Crippen molar-refractivity contribution in [3.63, 3.8) is 0 Å². The minimum Gasteiger partial charge on any atom is -0.488 e. The minimum atomic E-state index is 0.318. The second-order valence-corrected chi connectivity index (χ2v) is 16.3. The summed E-state index contributed by atoms with van der Waals surface area (Å²) in [5.74, 6) is 2.49. The zero-order valence-corrected chi connectivity index (χ0v) is 39.2. The van der Waals surface area contributed by atoms with Crippen LogP contribution in [0.25, 0.3) is 11.1 Å². The SMILES string of the molecule is CCCNCc1cc(Cl)c(OCc2cccc(-c3cccc(COc4cc(OCc5cncc(/C=N/C)c5)c(CNCCC)cc4Cl)c3C)c2C)cc1OCc1cncc(/C=N/C)c1. The van der Waals surface area contributed by atoms with Crippen LogP contribution in [-0.4, -0.2) is 49.6 Å². The molecule has 10 nitrogen and oxygen atoms in total. The van der Waals surface area contributed by atoms with E-state index in [0.29, 0.717) is 72.6 Å². The van der Waals surface area contributed by atoms with Crippen molar-refractivity contribution in [1.82, 2.24) is 20.6 Å². The molecular formula is C52H58Cl2N6O4. The van der Waals surface area contributed by atoms with E-state index >= 15 is 0 Å². The third kappa shape index (κ3) is 13.1. The largest absolute Gasteiger partial charge is 0.488 e. The first-order chi connectivity index (χ1) is 31.2. The maximum absolute atomic E-state index is 6.87. The van der Waals surface area contributed by atoms with Crippen LogP contribution in [-0.2, 0) is 39.5 Å². The molecule has 0 radical (unpaired) electrons. The molecule has 2 N–H and O–H groups in total. The van der Waals surface area contributed by atoms with Crippen LogP contribution >= 0.6 is 23.2 Å². The van der Waals surface area contributed by atoms with Crippen LogP contribution in [0.15, 0.2) is 108 Å². The third-order valence-electron chi connectivity index (χ3n) is 10.6. The number of aliphatic imine (C=N–C) groups is 2. The number of halogens is 2. The van der Waals surface area contributed by atoms with E-state index in [1.165, 1.54) is 0 Å². The summed E-state index contributed by atoms with van der Waals surface area (Å²) in [5.41, 5.74) is 12.1. The van der Waals surface area contributed by atoms with E-state index < -0.39 is 0 Å². The summed E-state index contributed by atoms with van der Waals surface area (Å²) < 4.78 is 25.7. The highest BCUT2D eigenvalue weighted by atomic mass is 35.5. The van der Waals surface area contributed by atoms with Crippen molar-refractivity contribution in [2.75, 3.05) is 27.2 Å². The van der Waals surface area contributed by atoms with E-state index in [-0.39, 0.29) is 0 Å². The zero-order chi connectivity index (χ0) is 45.3. The summed E-state index contributed by atoms with van der Waals surface area (Å²) in [7, 11) is 3.48. The van der Waals surface area contributed by atoms with Gasteiger partial charge in [-0.2, -0.15) is 0 Å². The molecule has 0 saturated carbocycles. The van der Waals surface area contributed by atoms with Gasteiger partial charge in [-0.15, -0.1) is 0 Å². The van der Waals surface area contributed by atoms with Gasteiger partial charge in [-0.25, -0.2) is 0 Å². The molecule has 64 heavy (non-hydrogen) atoms. The highest BCUT2D eigenvalue weighted by Gasteiger charge is 2.17. The van der Waals surface area contributed by atoms with Gasteiger partial charge in [-0.05, 0) is 97.4 Å². The molecule has 4 aromatic carbocycles. The Bertz CT molecular complexity index is 2370. The van der Waals surface area contributed by atoms with E-state index in [1.807, 2.05) is 36.4 Å². The lowest BCUT2D eigenvalue weighted by Crippen LogP contribution is -2.15. The summed E-state index contributed by atoms with van der Waals surface area (Å²) in [6, 6.07) is 24.3. The van der Waals surface area contributed by atoms with Crippen LogP contribution in [0.3, 0.4) is 0 Å². The van der Waals surface area contributed by atoms with Crippen molar-refractivity contribution in [3.05, 3.63) is 163 Å². The first kappa shape index (κ1) is 47.7. The predicted molar refractivity (Wildman–Crippen MR) is 261 cm³/mol. The first-order valence-corrected chi connectivity index (χ1v) is 22.4. The molecule has 0 spiro atoms. The average molecular weight is 902 g/mol. The molecule has 0 aliphatic carbocycles. The van der Waals surface area contributed by atoms with Crippen LogP contribution in [0.5, 0.6) is 23.0 Å². The van der Waals surface area contributed by atoms with Crippen molar-refractivity contribution in [2.45, 2.75) is 80.1 Å². The Morgan fingerprint density at radius 2 is 0.953 bits per heavy atom. The highest BCUT2D eigenvalue weighted by molar-refractivity contribution is 6.32. The maximum Gasteiger partial charge on any atom is 0.142 e. The van der Waals surface area contributed by atoms with Crippen LogP contribution in [0.4, 0.5) is 0 Å². The van der Waals surface area contributed by atoms with Gasteiger partial charge in [-0.3, -0.25) is 20.0 Å². The number of aromatic nitrogens is 2. The molecule has 0 bridgehead atoms. The molecule has 0 atom stereocenters. The fourth-order valence-electron chi connectivity index (χ4n) is 7.23. The highest BCUT2D eigenvalue weighted by Crippen LogP contribution is 2.37. The Morgan fingerprint density at radius 1 is 0.531 bits per heavy atom.